The first-order chi connectivity index (χ1) is 7.81. The number of nitrogens with one attached hydrogen (secondary N) is 1. The van der Waals surface area contributed by atoms with Gasteiger partial charge in [-0.25, -0.2) is 0 Å². The molecule has 1 aliphatic heterocycles. The molecule has 2 unspecified atom stereocenters. The van der Waals surface area contributed by atoms with Crippen LogP contribution in [0.2, 0.25) is 0 Å². The second-order valence-corrected chi connectivity index (χ2v) is 5.51. The molecular weight excluding hydrogens is 216 g/mol. The van der Waals surface area contributed by atoms with Crippen LogP contribution in [0.15, 0.2) is 16.8 Å². The normalized spacial score (nSPS) is 24.1. The summed E-state index contributed by atoms with van der Waals surface area (Å²) in [7, 11) is 0. The largest absolute Gasteiger partial charge is 0.369 e. The quantitative estimate of drug-likeness (QED) is 0.871. The first-order valence-corrected chi connectivity index (χ1v) is 7.26. The van der Waals surface area contributed by atoms with Crippen molar-refractivity contribution in [2.45, 2.75) is 32.7 Å². The predicted octanol–water partition coefficient (Wildman–Crippen LogP) is 2.96. The zero-order chi connectivity index (χ0) is 11.4. The predicted molar refractivity (Wildman–Crippen MR) is 72.4 cm³/mol. The van der Waals surface area contributed by atoms with Crippen molar-refractivity contribution in [2.24, 2.45) is 5.92 Å². The fraction of sp³-hybridized carbons (Fsp3) is 0.692. The SMILES string of the molecule is CCC(C)C1CN(c2ccsc2)CCCN1. The Balaban J connectivity index is 2.03. The van der Waals surface area contributed by atoms with Gasteiger partial charge in [0.15, 0.2) is 0 Å². The molecule has 0 saturated carbocycles. The van der Waals surface area contributed by atoms with Gasteiger partial charge < -0.3 is 10.2 Å². The van der Waals surface area contributed by atoms with Gasteiger partial charge >= 0.3 is 0 Å². The maximum atomic E-state index is 3.69. The molecule has 1 aliphatic rings. The molecule has 3 heteroatoms. The lowest BCUT2D eigenvalue weighted by atomic mass is 9.99. The van der Waals surface area contributed by atoms with Crippen LogP contribution in [0.25, 0.3) is 0 Å². The van der Waals surface area contributed by atoms with Gasteiger partial charge in [0.1, 0.15) is 0 Å². The van der Waals surface area contributed by atoms with Gasteiger partial charge in [-0.1, -0.05) is 20.3 Å². The highest BCUT2D eigenvalue weighted by molar-refractivity contribution is 7.08. The Bertz CT molecular complexity index is 297. The lowest BCUT2D eigenvalue weighted by Gasteiger charge is -2.28. The van der Waals surface area contributed by atoms with E-state index in [1.54, 1.807) is 11.3 Å². The molecule has 1 aromatic heterocycles. The van der Waals surface area contributed by atoms with E-state index in [0.29, 0.717) is 6.04 Å². The lowest BCUT2D eigenvalue weighted by Crippen LogP contribution is -2.41. The van der Waals surface area contributed by atoms with E-state index in [-0.39, 0.29) is 0 Å². The van der Waals surface area contributed by atoms with E-state index in [4.69, 9.17) is 0 Å². The molecule has 16 heavy (non-hydrogen) atoms. The maximum Gasteiger partial charge on any atom is 0.0475 e. The van der Waals surface area contributed by atoms with Crippen molar-refractivity contribution < 1.29 is 0 Å². The molecule has 1 N–H and O–H groups in total. The van der Waals surface area contributed by atoms with Gasteiger partial charge in [0.05, 0.1) is 0 Å². The van der Waals surface area contributed by atoms with Crippen LogP contribution < -0.4 is 10.2 Å². The molecule has 0 spiro atoms. The number of rotatable bonds is 3. The summed E-state index contributed by atoms with van der Waals surface area (Å²) < 4.78 is 0. The number of anilines is 1. The summed E-state index contributed by atoms with van der Waals surface area (Å²) in [6.07, 6.45) is 2.51. The van der Waals surface area contributed by atoms with Gasteiger partial charge in [0, 0.05) is 30.2 Å². The number of hydrogen-bond acceptors (Lipinski definition) is 3. The molecule has 1 aromatic rings. The Kier molecular flexibility index (Phi) is 4.24. The summed E-state index contributed by atoms with van der Waals surface area (Å²) in [6.45, 7) is 8.15. The minimum Gasteiger partial charge on any atom is -0.369 e. The third-order valence-corrected chi connectivity index (χ3v) is 4.30. The Labute approximate surface area is 103 Å². The topological polar surface area (TPSA) is 15.3 Å². The van der Waals surface area contributed by atoms with Gasteiger partial charge in [-0.15, -0.1) is 0 Å². The zero-order valence-corrected chi connectivity index (χ0v) is 11.1. The van der Waals surface area contributed by atoms with E-state index in [0.717, 1.165) is 19.0 Å². The second kappa shape index (κ2) is 5.69. The van der Waals surface area contributed by atoms with Gasteiger partial charge in [-0.05, 0) is 30.3 Å². The third-order valence-electron chi connectivity index (χ3n) is 3.63. The molecule has 2 atom stereocenters. The highest BCUT2D eigenvalue weighted by Crippen LogP contribution is 2.21. The van der Waals surface area contributed by atoms with Crippen molar-refractivity contribution >= 4 is 17.0 Å². The van der Waals surface area contributed by atoms with Crippen LogP contribution in [0, 0.1) is 5.92 Å². The van der Waals surface area contributed by atoms with E-state index in [2.05, 4.69) is 40.9 Å². The monoisotopic (exact) mass is 238 g/mol. The average molecular weight is 238 g/mol. The molecule has 0 radical (unpaired) electrons. The molecule has 0 bridgehead atoms. The first kappa shape index (κ1) is 11.9. The third kappa shape index (κ3) is 2.77. The van der Waals surface area contributed by atoms with E-state index >= 15 is 0 Å². The molecule has 2 heterocycles. The van der Waals surface area contributed by atoms with Crippen molar-refractivity contribution in [1.29, 1.82) is 0 Å². The van der Waals surface area contributed by atoms with Crippen LogP contribution in [-0.4, -0.2) is 25.7 Å². The Morgan fingerprint density at radius 2 is 2.50 bits per heavy atom. The molecule has 1 fully saturated rings. The molecule has 2 rings (SSSR count). The van der Waals surface area contributed by atoms with Crippen LogP contribution in [0.4, 0.5) is 5.69 Å². The van der Waals surface area contributed by atoms with Crippen LogP contribution >= 0.6 is 11.3 Å². The van der Waals surface area contributed by atoms with E-state index in [9.17, 15) is 0 Å². The fourth-order valence-corrected chi connectivity index (χ4v) is 2.95. The zero-order valence-electron chi connectivity index (χ0n) is 10.3. The molecule has 2 nitrogen and oxygen atoms in total. The highest BCUT2D eigenvalue weighted by Gasteiger charge is 2.21. The first-order valence-electron chi connectivity index (χ1n) is 6.31. The van der Waals surface area contributed by atoms with Crippen LogP contribution in [0.5, 0.6) is 0 Å². The molecule has 0 aliphatic carbocycles. The Morgan fingerprint density at radius 3 is 3.19 bits per heavy atom. The Morgan fingerprint density at radius 1 is 1.62 bits per heavy atom. The van der Waals surface area contributed by atoms with Crippen molar-refractivity contribution in [3.05, 3.63) is 16.8 Å². The van der Waals surface area contributed by atoms with Crippen LogP contribution in [0.1, 0.15) is 26.7 Å². The number of nitrogens with zero attached hydrogens (tertiary/aromatic N) is 1. The standard InChI is InChI=1S/C13H22N2S/c1-3-11(2)13-9-15(7-4-6-14-13)12-5-8-16-10-12/h5,8,10-11,13-14H,3-4,6-7,9H2,1-2H3. The number of thiophene rings is 1. The summed E-state index contributed by atoms with van der Waals surface area (Å²) >= 11 is 1.79. The minimum atomic E-state index is 0.646. The van der Waals surface area contributed by atoms with Crippen molar-refractivity contribution in [1.82, 2.24) is 5.32 Å². The summed E-state index contributed by atoms with van der Waals surface area (Å²) in [4.78, 5) is 2.54. The smallest absolute Gasteiger partial charge is 0.0475 e. The van der Waals surface area contributed by atoms with Crippen molar-refractivity contribution in [3.8, 4) is 0 Å². The van der Waals surface area contributed by atoms with Gasteiger partial charge in [0.25, 0.3) is 0 Å². The minimum absolute atomic E-state index is 0.646. The maximum absolute atomic E-state index is 3.69. The summed E-state index contributed by atoms with van der Waals surface area (Å²) in [5.74, 6) is 0.763. The molecule has 0 aromatic carbocycles. The van der Waals surface area contributed by atoms with Crippen LogP contribution in [-0.2, 0) is 0 Å². The van der Waals surface area contributed by atoms with E-state index in [1.165, 1.54) is 25.1 Å². The fourth-order valence-electron chi connectivity index (χ4n) is 2.29. The lowest BCUT2D eigenvalue weighted by molar-refractivity contribution is 0.384. The summed E-state index contributed by atoms with van der Waals surface area (Å²) in [6, 6.07) is 2.89. The van der Waals surface area contributed by atoms with Crippen LogP contribution in [0.3, 0.4) is 0 Å². The number of hydrogen-bond donors (Lipinski definition) is 1. The van der Waals surface area contributed by atoms with Gasteiger partial charge in [-0.2, -0.15) is 11.3 Å². The average Bonchev–Trinajstić information content (AvgIpc) is 2.73. The molecular formula is C13H22N2S. The van der Waals surface area contributed by atoms with Gasteiger partial charge in [-0.3, -0.25) is 0 Å². The van der Waals surface area contributed by atoms with E-state index < -0.39 is 0 Å². The second-order valence-electron chi connectivity index (χ2n) is 4.73. The van der Waals surface area contributed by atoms with Crippen molar-refractivity contribution in [3.63, 3.8) is 0 Å². The summed E-state index contributed by atoms with van der Waals surface area (Å²) in [5, 5.41) is 8.12. The Hall–Kier alpha value is -0.540. The molecule has 0 amide bonds. The molecule has 90 valence electrons. The molecule has 1 saturated heterocycles. The van der Waals surface area contributed by atoms with Crippen molar-refractivity contribution in [2.75, 3.05) is 24.5 Å². The van der Waals surface area contributed by atoms with Gasteiger partial charge in [0.2, 0.25) is 0 Å². The van der Waals surface area contributed by atoms with E-state index in [1.807, 2.05) is 0 Å². The highest BCUT2D eigenvalue weighted by atomic mass is 32.1. The summed E-state index contributed by atoms with van der Waals surface area (Å²) in [5.41, 5.74) is 1.40.